The number of hydrogen-bond donors (Lipinski definition) is 2. The van der Waals surface area contributed by atoms with Gasteiger partial charge in [0.25, 0.3) is 0 Å². The molecule has 0 saturated carbocycles. The summed E-state index contributed by atoms with van der Waals surface area (Å²) in [5, 5.41) is 6.27. The molecular formula is C26H22F3N3O4. The van der Waals surface area contributed by atoms with Gasteiger partial charge >= 0.3 is 12.4 Å². The predicted molar refractivity (Wildman–Crippen MR) is 129 cm³/mol. The number of pyridine rings is 1. The summed E-state index contributed by atoms with van der Waals surface area (Å²) >= 11 is 0. The number of alkyl halides is 3. The molecule has 0 atom stereocenters. The van der Waals surface area contributed by atoms with Crippen LogP contribution in [-0.2, 0) is 6.54 Å². The molecule has 0 bridgehead atoms. The number of carbonyl (C=O) groups is 1. The molecule has 0 aliphatic rings. The van der Waals surface area contributed by atoms with Crippen LogP contribution in [0.5, 0.6) is 17.2 Å². The number of halogens is 3. The Morgan fingerprint density at radius 3 is 2.33 bits per heavy atom. The number of nitrogens with zero attached hydrogens (tertiary/aromatic N) is 1. The topological polar surface area (TPSA) is 81.7 Å². The first kappa shape index (κ1) is 24.6. The van der Waals surface area contributed by atoms with Crippen LogP contribution in [0.25, 0.3) is 22.0 Å². The lowest BCUT2D eigenvalue weighted by molar-refractivity contribution is -0.274. The third-order valence-electron chi connectivity index (χ3n) is 5.27. The number of urea groups is 1. The molecule has 10 heteroatoms. The fraction of sp³-hybridized carbons (Fsp3) is 0.154. The first-order valence-electron chi connectivity index (χ1n) is 10.8. The van der Waals surface area contributed by atoms with E-state index in [0.29, 0.717) is 28.3 Å². The molecule has 1 aromatic heterocycles. The molecule has 0 aliphatic carbocycles. The Morgan fingerprint density at radius 1 is 0.889 bits per heavy atom. The van der Waals surface area contributed by atoms with Gasteiger partial charge in [0.1, 0.15) is 5.75 Å². The molecule has 2 amide bonds. The standard InChI is InChI=1S/C26H22F3N3O4/c1-34-23-10-6-17(12-24(23)35-2)19-11-18-5-7-20(13-22(18)30-15-19)32-25(33)31-14-16-3-8-21(9-4-16)36-26(27,28)29/h3-13,15H,14H2,1-2H3,(H2,31,32,33). The molecule has 186 valence electrons. The summed E-state index contributed by atoms with van der Waals surface area (Å²) in [6, 6.07) is 17.8. The van der Waals surface area contributed by atoms with Crippen molar-refractivity contribution < 1.29 is 32.2 Å². The number of methoxy groups -OCH3 is 2. The van der Waals surface area contributed by atoms with Gasteiger partial charge in [0.15, 0.2) is 11.5 Å². The smallest absolute Gasteiger partial charge is 0.493 e. The normalized spacial score (nSPS) is 11.1. The second-order valence-electron chi connectivity index (χ2n) is 7.70. The van der Waals surface area contributed by atoms with Crippen molar-refractivity contribution in [1.29, 1.82) is 0 Å². The number of amides is 2. The lowest BCUT2D eigenvalue weighted by atomic mass is 10.0. The molecular weight excluding hydrogens is 475 g/mol. The van der Waals surface area contributed by atoms with Crippen molar-refractivity contribution in [3.05, 3.63) is 78.5 Å². The number of fused-ring (bicyclic) bond motifs is 1. The monoisotopic (exact) mass is 497 g/mol. The third-order valence-corrected chi connectivity index (χ3v) is 5.27. The summed E-state index contributed by atoms with van der Waals surface area (Å²) in [7, 11) is 3.16. The molecule has 7 nitrogen and oxygen atoms in total. The van der Waals surface area contributed by atoms with Gasteiger partial charge in [-0.2, -0.15) is 0 Å². The van der Waals surface area contributed by atoms with Crippen LogP contribution in [0.2, 0.25) is 0 Å². The number of carbonyl (C=O) groups excluding carboxylic acids is 1. The maximum Gasteiger partial charge on any atom is 0.573 e. The van der Waals surface area contributed by atoms with Gasteiger partial charge in [0, 0.05) is 29.4 Å². The van der Waals surface area contributed by atoms with Gasteiger partial charge < -0.3 is 24.8 Å². The fourth-order valence-corrected chi connectivity index (χ4v) is 3.54. The van der Waals surface area contributed by atoms with Gasteiger partial charge in [-0.3, -0.25) is 4.98 Å². The molecule has 4 aromatic rings. The second-order valence-corrected chi connectivity index (χ2v) is 7.70. The van der Waals surface area contributed by atoms with Crippen LogP contribution in [0, 0.1) is 0 Å². The Morgan fingerprint density at radius 2 is 1.64 bits per heavy atom. The van der Waals surface area contributed by atoms with Crippen LogP contribution in [0.1, 0.15) is 5.56 Å². The van der Waals surface area contributed by atoms with Crippen LogP contribution in [-0.4, -0.2) is 31.6 Å². The molecule has 3 aromatic carbocycles. The number of hydrogen-bond acceptors (Lipinski definition) is 5. The largest absolute Gasteiger partial charge is 0.573 e. The van der Waals surface area contributed by atoms with E-state index in [2.05, 4.69) is 20.4 Å². The Kier molecular flexibility index (Phi) is 7.14. The van der Waals surface area contributed by atoms with Gasteiger partial charge in [0.05, 0.1) is 19.7 Å². The second kappa shape index (κ2) is 10.4. The molecule has 0 spiro atoms. The molecule has 0 unspecified atom stereocenters. The Balaban J connectivity index is 1.39. The van der Waals surface area contributed by atoms with Crippen molar-refractivity contribution in [1.82, 2.24) is 10.3 Å². The van der Waals surface area contributed by atoms with E-state index in [1.165, 1.54) is 24.3 Å². The highest BCUT2D eigenvalue weighted by Crippen LogP contribution is 2.33. The van der Waals surface area contributed by atoms with E-state index in [4.69, 9.17) is 9.47 Å². The highest BCUT2D eigenvalue weighted by molar-refractivity contribution is 5.93. The molecule has 0 radical (unpaired) electrons. The van der Waals surface area contributed by atoms with Crippen molar-refractivity contribution in [3.8, 4) is 28.4 Å². The summed E-state index contributed by atoms with van der Waals surface area (Å²) < 4.78 is 51.2. The maximum absolute atomic E-state index is 12.3. The van der Waals surface area contributed by atoms with Gasteiger partial charge in [-0.25, -0.2) is 4.79 Å². The zero-order valence-electron chi connectivity index (χ0n) is 19.3. The Labute approximate surface area is 204 Å². The van der Waals surface area contributed by atoms with E-state index in [1.54, 1.807) is 32.5 Å². The van der Waals surface area contributed by atoms with E-state index >= 15 is 0 Å². The van der Waals surface area contributed by atoms with E-state index < -0.39 is 12.4 Å². The minimum Gasteiger partial charge on any atom is -0.493 e. The van der Waals surface area contributed by atoms with Crippen molar-refractivity contribution in [3.63, 3.8) is 0 Å². The van der Waals surface area contributed by atoms with Crippen LogP contribution < -0.4 is 24.8 Å². The first-order valence-corrected chi connectivity index (χ1v) is 10.8. The minimum absolute atomic E-state index is 0.124. The van der Waals surface area contributed by atoms with Gasteiger partial charge in [-0.1, -0.05) is 24.3 Å². The molecule has 0 fully saturated rings. The van der Waals surface area contributed by atoms with Crippen molar-refractivity contribution in [2.45, 2.75) is 12.9 Å². The quantitative estimate of drug-likeness (QED) is 0.321. The zero-order chi connectivity index (χ0) is 25.7. The third kappa shape index (κ3) is 6.15. The molecule has 1 heterocycles. The van der Waals surface area contributed by atoms with Crippen LogP contribution >= 0.6 is 0 Å². The number of anilines is 1. The number of ether oxygens (including phenoxy) is 3. The average Bonchev–Trinajstić information content (AvgIpc) is 2.86. The first-order chi connectivity index (χ1) is 17.2. The number of nitrogens with one attached hydrogen (secondary N) is 2. The van der Waals surface area contributed by atoms with Crippen LogP contribution in [0.15, 0.2) is 72.9 Å². The highest BCUT2D eigenvalue weighted by atomic mass is 19.4. The van der Waals surface area contributed by atoms with E-state index in [-0.39, 0.29) is 12.3 Å². The Bertz CT molecular complexity index is 1380. The SMILES string of the molecule is COc1ccc(-c2cnc3cc(NC(=O)NCc4ccc(OC(F)(F)F)cc4)ccc3c2)cc1OC. The van der Waals surface area contributed by atoms with Crippen molar-refractivity contribution >= 4 is 22.6 Å². The zero-order valence-corrected chi connectivity index (χ0v) is 19.3. The summed E-state index contributed by atoms with van der Waals surface area (Å²) in [4.78, 5) is 16.8. The Hall–Kier alpha value is -4.47. The molecule has 0 saturated heterocycles. The molecule has 4 rings (SSSR count). The van der Waals surface area contributed by atoms with E-state index in [9.17, 15) is 18.0 Å². The predicted octanol–water partition coefficient (Wildman–Crippen LogP) is 6.14. The van der Waals surface area contributed by atoms with Gasteiger partial charge in [0.2, 0.25) is 0 Å². The minimum atomic E-state index is -4.75. The van der Waals surface area contributed by atoms with Gasteiger partial charge in [-0.05, 0) is 53.6 Å². The van der Waals surface area contributed by atoms with E-state index in [0.717, 1.165) is 16.5 Å². The molecule has 2 N–H and O–H groups in total. The van der Waals surface area contributed by atoms with E-state index in [1.807, 2.05) is 30.3 Å². The number of rotatable bonds is 7. The summed E-state index contributed by atoms with van der Waals surface area (Å²) in [6.07, 6.45) is -3.02. The summed E-state index contributed by atoms with van der Waals surface area (Å²) in [6.45, 7) is 0.124. The van der Waals surface area contributed by atoms with Crippen molar-refractivity contribution in [2.24, 2.45) is 0 Å². The van der Waals surface area contributed by atoms with Crippen LogP contribution in [0.4, 0.5) is 23.7 Å². The average molecular weight is 497 g/mol. The maximum atomic E-state index is 12.3. The number of aromatic nitrogens is 1. The fourth-order valence-electron chi connectivity index (χ4n) is 3.54. The van der Waals surface area contributed by atoms with Gasteiger partial charge in [-0.15, -0.1) is 13.2 Å². The lowest BCUT2D eigenvalue weighted by Crippen LogP contribution is -2.28. The highest BCUT2D eigenvalue weighted by Gasteiger charge is 2.30. The van der Waals surface area contributed by atoms with Crippen molar-refractivity contribution in [2.75, 3.05) is 19.5 Å². The molecule has 0 aliphatic heterocycles. The lowest BCUT2D eigenvalue weighted by Gasteiger charge is -2.11. The van der Waals surface area contributed by atoms with Crippen LogP contribution in [0.3, 0.4) is 0 Å². The number of benzene rings is 3. The summed E-state index contributed by atoms with van der Waals surface area (Å²) in [5.74, 6) is 0.927. The molecule has 36 heavy (non-hydrogen) atoms. The summed E-state index contributed by atoms with van der Waals surface area (Å²) in [5.41, 5.74) is 3.66.